The number of amides is 1. The Hall–Kier alpha value is -0.770. The first-order valence-electron chi connectivity index (χ1n) is 7.02. The summed E-state index contributed by atoms with van der Waals surface area (Å²) in [6, 6.07) is 3.48. The second-order valence-electron chi connectivity index (χ2n) is 5.36. The number of nitrogens with one attached hydrogen (secondary N) is 2. The predicted molar refractivity (Wildman–Crippen MR) is 84.7 cm³/mol. The fourth-order valence-electron chi connectivity index (χ4n) is 2.46. The number of benzene rings is 1. The Morgan fingerprint density at radius 3 is 2.70 bits per heavy atom. The van der Waals surface area contributed by atoms with Gasteiger partial charge in [-0.3, -0.25) is 4.79 Å². The van der Waals surface area contributed by atoms with Gasteiger partial charge in [0.1, 0.15) is 0 Å². The Bertz CT molecular complexity index is 485. The zero-order valence-corrected chi connectivity index (χ0v) is 13.2. The Morgan fingerprint density at radius 2 is 2.00 bits per heavy atom. The molecule has 3 nitrogen and oxygen atoms in total. The van der Waals surface area contributed by atoms with Gasteiger partial charge in [0.2, 0.25) is 5.91 Å². The molecule has 0 atom stereocenters. The zero-order valence-electron chi connectivity index (χ0n) is 11.6. The number of halogens is 2. The summed E-state index contributed by atoms with van der Waals surface area (Å²) in [5.41, 5.74) is 1.50. The van der Waals surface area contributed by atoms with E-state index in [-0.39, 0.29) is 5.91 Å². The fraction of sp³-hybridized carbons (Fsp3) is 0.533. The van der Waals surface area contributed by atoms with Gasteiger partial charge in [0.25, 0.3) is 0 Å². The van der Waals surface area contributed by atoms with Crippen LogP contribution in [0.1, 0.15) is 31.2 Å². The molecule has 20 heavy (non-hydrogen) atoms. The Kier molecular flexibility index (Phi) is 5.70. The van der Waals surface area contributed by atoms with E-state index in [0.29, 0.717) is 28.1 Å². The largest absolute Gasteiger partial charge is 0.325 e. The molecule has 0 aliphatic carbocycles. The van der Waals surface area contributed by atoms with Crippen molar-refractivity contribution in [2.45, 2.75) is 32.6 Å². The maximum absolute atomic E-state index is 12.0. The van der Waals surface area contributed by atoms with E-state index >= 15 is 0 Å². The lowest BCUT2D eigenvalue weighted by Gasteiger charge is -2.22. The van der Waals surface area contributed by atoms with Crippen LogP contribution in [0.2, 0.25) is 10.0 Å². The number of carbonyl (C=O) groups excluding carboxylic acids is 1. The third-order valence-corrected chi connectivity index (χ3v) is 4.48. The Balaban J connectivity index is 1.86. The van der Waals surface area contributed by atoms with E-state index in [9.17, 15) is 4.79 Å². The highest BCUT2D eigenvalue weighted by Crippen LogP contribution is 2.29. The van der Waals surface area contributed by atoms with E-state index in [1.54, 1.807) is 12.1 Å². The quantitative estimate of drug-likeness (QED) is 0.881. The molecule has 110 valence electrons. The number of hydrogen-bond acceptors (Lipinski definition) is 2. The number of piperidine rings is 1. The van der Waals surface area contributed by atoms with E-state index in [0.717, 1.165) is 37.9 Å². The van der Waals surface area contributed by atoms with E-state index < -0.39 is 0 Å². The van der Waals surface area contributed by atoms with Crippen LogP contribution in [-0.2, 0) is 4.79 Å². The number of hydrogen-bond donors (Lipinski definition) is 2. The topological polar surface area (TPSA) is 41.1 Å². The molecule has 1 fully saturated rings. The SMILES string of the molecule is Cc1cc(Cl)c(NC(=O)CCC2CCNCC2)cc1Cl. The molecule has 2 N–H and O–H groups in total. The maximum atomic E-state index is 12.0. The summed E-state index contributed by atoms with van der Waals surface area (Å²) in [7, 11) is 0. The van der Waals surface area contributed by atoms with Crippen LogP contribution >= 0.6 is 23.2 Å². The minimum atomic E-state index is 0.00496. The van der Waals surface area contributed by atoms with Crippen molar-refractivity contribution in [3.05, 3.63) is 27.7 Å². The van der Waals surface area contributed by atoms with Crippen LogP contribution in [0, 0.1) is 12.8 Å². The molecule has 1 aromatic carbocycles. The standard InChI is InChI=1S/C15H20Cl2N2O/c1-10-8-13(17)14(9-12(10)16)19-15(20)3-2-11-4-6-18-7-5-11/h8-9,11,18H,2-7H2,1H3,(H,19,20). The highest BCUT2D eigenvalue weighted by molar-refractivity contribution is 6.36. The monoisotopic (exact) mass is 314 g/mol. The van der Waals surface area contributed by atoms with Crippen LogP contribution < -0.4 is 10.6 Å². The molecule has 0 bridgehead atoms. The Labute approximate surface area is 130 Å². The molecular weight excluding hydrogens is 295 g/mol. The van der Waals surface area contributed by atoms with Crippen molar-refractivity contribution >= 4 is 34.8 Å². The smallest absolute Gasteiger partial charge is 0.224 e. The van der Waals surface area contributed by atoms with Gasteiger partial charge >= 0.3 is 0 Å². The second kappa shape index (κ2) is 7.30. The average Bonchev–Trinajstić information content (AvgIpc) is 2.44. The first-order chi connectivity index (χ1) is 9.56. The zero-order chi connectivity index (χ0) is 14.5. The number of aryl methyl sites for hydroxylation is 1. The molecule has 1 aromatic rings. The van der Waals surface area contributed by atoms with Crippen molar-refractivity contribution in [1.82, 2.24) is 5.32 Å². The highest BCUT2D eigenvalue weighted by Gasteiger charge is 2.15. The van der Waals surface area contributed by atoms with Crippen LogP contribution in [-0.4, -0.2) is 19.0 Å². The fourth-order valence-corrected chi connectivity index (χ4v) is 2.89. The average molecular weight is 315 g/mol. The van der Waals surface area contributed by atoms with Crippen molar-refractivity contribution in [2.75, 3.05) is 18.4 Å². The molecular formula is C15H20Cl2N2O. The molecule has 0 aromatic heterocycles. The van der Waals surface area contributed by atoms with Gasteiger partial charge in [0, 0.05) is 11.4 Å². The number of anilines is 1. The number of carbonyl (C=O) groups is 1. The van der Waals surface area contributed by atoms with Crippen molar-refractivity contribution in [3.8, 4) is 0 Å². The van der Waals surface area contributed by atoms with Crippen LogP contribution in [0.5, 0.6) is 0 Å². The molecule has 0 spiro atoms. The van der Waals surface area contributed by atoms with Crippen LogP contribution in [0.4, 0.5) is 5.69 Å². The summed E-state index contributed by atoms with van der Waals surface area (Å²) >= 11 is 12.2. The van der Waals surface area contributed by atoms with Gasteiger partial charge in [-0.25, -0.2) is 0 Å². The molecule has 2 rings (SSSR count). The summed E-state index contributed by atoms with van der Waals surface area (Å²) in [6.45, 7) is 4.01. The molecule has 1 saturated heterocycles. The molecule has 0 saturated carbocycles. The predicted octanol–water partition coefficient (Wildman–Crippen LogP) is 4.02. The summed E-state index contributed by atoms with van der Waals surface area (Å²) in [6.07, 6.45) is 3.78. The molecule has 1 aliphatic rings. The number of rotatable bonds is 4. The van der Waals surface area contributed by atoms with Crippen molar-refractivity contribution < 1.29 is 4.79 Å². The molecule has 1 amide bonds. The normalized spacial score (nSPS) is 16.1. The van der Waals surface area contributed by atoms with Gasteiger partial charge < -0.3 is 10.6 Å². The van der Waals surface area contributed by atoms with Crippen molar-refractivity contribution in [2.24, 2.45) is 5.92 Å². The van der Waals surface area contributed by atoms with E-state index in [2.05, 4.69) is 10.6 Å². The van der Waals surface area contributed by atoms with Crippen LogP contribution in [0.25, 0.3) is 0 Å². The minimum Gasteiger partial charge on any atom is -0.325 e. The van der Waals surface area contributed by atoms with Gasteiger partial charge in [-0.15, -0.1) is 0 Å². The molecule has 0 unspecified atom stereocenters. The van der Waals surface area contributed by atoms with E-state index in [1.807, 2.05) is 6.92 Å². The molecule has 1 aliphatic heterocycles. The summed E-state index contributed by atoms with van der Waals surface area (Å²) < 4.78 is 0. The summed E-state index contributed by atoms with van der Waals surface area (Å²) in [5.74, 6) is 0.657. The van der Waals surface area contributed by atoms with Crippen molar-refractivity contribution in [3.63, 3.8) is 0 Å². The van der Waals surface area contributed by atoms with Gasteiger partial charge in [-0.2, -0.15) is 0 Å². The van der Waals surface area contributed by atoms with Gasteiger partial charge in [-0.05, 0) is 62.9 Å². The van der Waals surface area contributed by atoms with E-state index in [4.69, 9.17) is 23.2 Å². The summed E-state index contributed by atoms with van der Waals surface area (Å²) in [5, 5.41) is 7.32. The third-order valence-electron chi connectivity index (χ3n) is 3.76. The minimum absolute atomic E-state index is 0.00496. The van der Waals surface area contributed by atoms with Gasteiger partial charge in [0.15, 0.2) is 0 Å². The van der Waals surface area contributed by atoms with Gasteiger partial charge in [-0.1, -0.05) is 23.2 Å². The first-order valence-corrected chi connectivity index (χ1v) is 7.78. The maximum Gasteiger partial charge on any atom is 0.224 e. The second-order valence-corrected chi connectivity index (χ2v) is 6.18. The van der Waals surface area contributed by atoms with Gasteiger partial charge in [0.05, 0.1) is 10.7 Å². The highest BCUT2D eigenvalue weighted by atomic mass is 35.5. The molecule has 0 radical (unpaired) electrons. The first kappa shape index (κ1) is 15.6. The Morgan fingerprint density at radius 1 is 1.30 bits per heavy atom. The van der Waals surface area contributed by atoms with Crippen LogP contribution in [0.3, 0.4) is 0 Å². The third kappa shape index (κ3) is 4.37. The summed E-state index contributed by atoms with van der Waals surface area (Å²) in [4.78, 5) is 12.0. The lowest BCUT2D eigenvalue weighted by atomic mass is 9.93. The van der Waals surface area contributed by atoms with Crippen molar-refractivity contribution in [1.29, 1.82) is 0 Å². The molecule has 1 heterocycles. The van der Waals surface area contributed by atoms with E-state index in [1.165, 1.54) is 0 Å². The molecule has 5 heteroatoms. The van der Waals surface area contributed by atoms with Crippen LogP contribution in [0.15, 0.2) is 12.1 Å². The lowest BCUT2D eigenvalue weighted by Crippen LogP contribution is -2.28. The lowest BCUT2D eigenvalue weighted by molar-refractivity contribution is -0.116.